The van der Waals surface area contributed by atoms with Crippen LogP contribution >= 0.6 is 11.8 Å². The van der Waals surface area contributed by atoms with Crippen LogP contribution < -0.4 is 5.32 Å². The van der Waals surface area contributed by atoms with E-state index < -0.39 is 24.3 Å². The zero-order valence-corrected chi connectivity index (χ0v) is 15.7. The number of para-hydroxylation sites is 1. The summed E-state index contributed by atoms with van der Waals surface area (Å²) >= 11 is 1.50. The Bertz CT molecular complexity index is 827. The number of benzene rings is 2. The Morgan fingerprint density at radius 2 is 1.78 bits per heavy atom. The summed E-state index contributed by atoms with van der Waals surface area (Å²) in [5, 5.41) is 2.75. The lowest BCUT2D eigenvalue weighted by atomic mass is 10.2. The van der Waals surface area contributed by atoms with Crippen molar-refractivity contribution < 1.29 is 23.5 Å². The molecule has 0 aromatic heterocycles. The maximum atomic E-state index is 12.8. The first kappa shape index (κ1) is 20.4. The fourth-order valence-corrected chi connectivity index (χ4v) is 2.70. The average molecular weight is 390 g/mol. The number of nitrogens with zero attached hydrogens (tertiary/aromatic N) is 1. The van der Waals surface area contributed by atoms with Crippen LogP contribution in [-0.4, -0.2) is 49.1 Å². The molecule has 0 unspecified atom stereocenters. The fraction of sp³-hybridized carbons (Fsp3) is 0.211. The van der Waals surface area contributed by atoms with Gasteiger partial charge < -0.3 is 15.0 Å². The van der Waals surface area contributed by atoms with E-state index in [0.29, 0.717) is 5.69 Å². The number of anilines is 1. The van der Waals surface area contributed by atoms with E-state index in [1.54, 1.807) is 12.1 Å². The van der Waals surface area contributed by atoms with Crippen molar-refractivity contribution in [2.24, 2.45) is 0 Å². The molecule has 0 aliphatic heterocycles. The topological polar surface area (TPSA) is 75.7 Å². The molecule has 8 heteroatoms. The van der Waals surface area contributed by atoms with Gasteiger partial charge in [-0.15, -0.1) is 11.8 Å². The van der Waals surface area contributed by atoms with Crippen LogP contribution in [0.15, 0.2) is 53.4 Å². The van der Waals surface area contributed by atoms with E-state index >= 15 is 0 Å². The number of esters is 1. The van der Waals surface area contributed by atoms with E-state index in [0.717, 1.165) is 21.9 Å². The highest BCUT2D eigenvalue weighted by molar-refractivity contribution is 7.98. The molecule has 142 valence electrons. The highest BCUT2D eigenvalue weighted by Gasteiger charge is 2.16. The van der Waals surface area contributed by atoms with E-state index in [1.807, 2.05) is 18.4 Å². The van der Waals surface area contributed by atoms with Crippen molar-refractivity contribution in [1.82, 2.24) is 4.90 Å². The van der Waals surface area contributed by atoms with Crippen molar-refractivity contribution in [2.75, 3.05) is 31.8 Å². The number of rotatable bonds is 7. The molecule has 0 aliphatic carbocycles. The second kappa shape index (κ2) is 9.72. The zero-order chi connectivity index (χ0) is 19.8. The third kappa shape index (κ3) is 6.10. The Balaban J connectivity index is 1.83. The standard InChI is InChI=1S/C19H19FN2O4S/c1-22(11-17(23)21-15-5-3-4-6-16(15)27-2)18(24)12-26-19(25)13-7-9-14(20)10-8-13/h3-10H,11-12H2,1-2H3,(H,21,23). The van der Waals surface area contributed by atoms with E-state index in [1.165, 1.54) is 30.9 Å². The number of thioether (sulfide) groups is 1. The maximum absolute atomic E-state index is 12.8. The predicted molar refractivity (Wildman–Crippen MR) is 101 cm³/mol. The summed E-state index contributed by atoms with van der Waals surface area (Å²) in [6, 6.07) is 12.1. The lowest BCUT2D eigenvalue weighted by Crippen LogP contribution is -2.37. The van der Waals surface area contributed by atoms with Gasteiger partial charge in [-0.2, -0.15) is 0 Å². The minimum Gasteiger partial charge on any atom is -0.452 e. The third-order valence-electron chi connectivity index (χ3n) is 3.59. The number of hydrogen-bond acceptors (Lipinski definition) is 5. The number of hydrogen-bond donors (Lipinski definition) is 1. The van der Waals surface area contributed by atoms with E-state index in [2.05, 4.69) is 5.32 Å². The first-order valence-electron chi connectivity index (χ1n) is 8.00. The Kier molecular flexibility index (Phi) is 7.36. The van der Waals surface area contributed by atoms with Crippen LogP contribution in [0.5, 0.6) is 0 Å². The average Bonchev–Trinajstić information content (AvgIpc) is 2.66. The summed E-state index contributed by atoms with van der Waals surface area (Å²) in [5.41, 5.74) is 0.803. The Morgan fingerprint density at radius 1 is 1.11 bits per heavy atom. The number of carbonyl (C=O) groups excluding carboxylic acids is 3. The van der Waals surface area contributed by atoms with Gasteiger partial charge in [-0.1, -0.05) is 12.1 Å². The fourth-order valence-electron chi connectivity index (χ4n) is 2.15. The summed E-state index contributed by atoms with van der Waals surface area (Å²) in [6.07, 6.45) is 1.90. The number of nitrogens with one attached hydrogen (secondary N) is 1. The van der Waals surface area contributed by atoms with Gasteiger partial charge in [0.15, 0.2) is 6.61 Å². The summed E-state index contributed by atoms with van der Waals surface area (Å²) in [7, 11) is 1.44. The van der Waals surface area contributed by atoms with Crippen molar-refractivity contribution in [3.05, 3.63) is 59.9 Å². The minimum absolute atomic E-state index is 0.137. The number of likely N-dealkylation sites (N-methyl/N-ethyl adjacent to an activating group) is 1. The molecule has 0 atom stereocenters. The minimum atomic E-state index is -0.741. The van der Waals surface area contributed by atoms with Crippen LogP contribution in [0.4, 0.5) is 10.1 Å². The first-order chi connectivity index (χ1) is 12.9. The number of ether oxygens (including phenoxy) is 1. The van der Waals surface area contributed by atoms with Gasteiger partial charge >= 0.3 is 5.97 Å². The molecule has 0 bridgehead atoms. The monoisotopic (exact) mass is 390 g/mol. The molecule has 0 saturated carbocycles. The van der Waals surface area contributed by atoms with Crippen molar-refractivity contribution in [2.45, 2.75) is 4.90 Å². The van der Waals surface area contributed by atoms with Crippen LogP contribution in [-0.2, 0) is 14.3 Å². The molecule has 2 aromatic rings. The van der Waals surface area contributed by atoms with Gasteiger partial charge in [0, 0.05) is 11.9 Å². The number of halogens is 1. The molecule has 0 spiro atoms. The Morgan fingerprint density at radius 3 is 2.44 bits per heavy atom. The zero-order valence-electron chi connectivity index (χ0n) is 14.9. The third-order valence-corrected chi connectivity index (χ3v) is 4.39. The van der Waals surface area contributed by atoms with Crippen LogP contribution in [0.3, 0.4) is 0 Å². The molecular weight excluding hydrogens is 371 g/mol. The largest absolute Gasteiger partial charge is 0.452 e. The van der Waals surface area contributed by atoms with E-state index in [4.69, 9.17) is 4.74 Å². The van der Waals surface area contributed by atoms with Crippen molar-refractivity contribution in [3.63, 3.8) is 0 Å². The van der Waals surface area contributed by atoms with Gasteiger partial charge in [-0.3, -0.25) is 9.59 Å². The normalized spacial score (nSPS) is 10.2. The molecule has 0 fully saturated rings. The molecule has 0 aliphatic rings. The van der Waals surface area contributed by atoms with Gasteiger partial charge in [0.25, 0.3) is 5.91 Å². The van der Waals surface area contributed by atoms with Gasteiger partial charge in [0.05, 0.1) is 17.8 Å². The van der Waals surface area contributed by atoms with Crippen molar-refractivity contribution in [1.29, 1.82) is 0 Å². The molecule has 1 N–H and O–H groups in total. The highest BCUT2D eigenvalue weighted by Crippen LogP contribution is 2.24. The lowest BCUT2D eigenvalue weighted by molar-refractivity contribution is -0.136. The second-order valence-electron chi connectivity index (χ2n) is 5.58. The molecule has 6 nitrogen and oxygen atoms in total. The quantitative estimate of drug-likeness (QED) is 0.581. The SMILES string of the molecule is CSc1ccccc1NC(=O)CN(C)C(=O)COC(=O)c1ccc(F)cc1. The van der Waals surface area contributed by atoms with E-state index in [9.17, 15) is 18.8 Å². The Hall–Kier alpha value is -2.87. The van der Waals surface area contributed by atoms with E-state index in [-0.39, 0.29) is 18.0 Å². The molecular formula is C19H19FN2O4S. The second-order valence-corrected chi connectivity index (χ2v) is 6.43. The van der Waals surface area contributed by atoms with Gasteiger partial charge in [0.2, 0.25) is 5.91 Å². The molecule has 2 rings (SSSR count). The molecule has 2 amide bonds. The van der Waals surface area contributed by atoms with Crippen LogP contribution in [0.1, 0.15) is 10.4 Å². The summed E-state index contributed by atoms with van der Waals surface area (Å²) < 4.78 is 17.7. The van der Waals surface area contributed by atoms with Crippen LogP contribution in [0.25, 0.3) is 0 Å². The number of carbonyl (C=O) groups is 3. The smallest absolute Gasteiger partial charge is 0.338 e. The molecule has 0 saturated heterocycles. The predicted octanol–water partition coefficient (Wildman–Crippen LogP) is 2.80. The first-order valence-corrected chi connectivity index (χ1v) is 9.22. The van der Waals surface area contributed by atoms with Crippen LogP contribution in [0.2, 0.25) is 0 Å². The van der Waals surface area contributed by atoms with Gasteiger partial charge in [-0.05, 0) is 42.7 Å². The van der Waals surface area contributed by atoms with Gasteiger partial charge in [-0.25, -0.2) is 9.18 Å². The summed E-state index contributed by atoms with van der Waals surface area (Å²) in [4.78, 5) is 38.1. The van der Waals surface area contributed by atoms with Gasteiger partial charge in [0.1, 0.15) is 5.82 Å². The maximum Gasteiger partial charge on any atom is 0.338 e. The molecule has 0 heterocycles. The summed E-state index contributed by atoms with van der Waals surface area (Å²) in [5.74, 6) is -2.11. The highest BCUT2D eigenvalue weighted by atomic mass is 32.2. The van der Waals surface area contributed by atoms with Crippen molar-refractivity contribution >= 4 is 35.2 Å². The molecule has 27 heavy (non-hydrogen) atoms. The lowest BCUT2D eigenvalue weighted by Gasteiger charge is -2.17. The Labute approximate surface area is 160 Å². The molecule has 2 aromatic carbocycles. The van der Waals surface area contributed by atoms with Crippen molar-refractivity contribution in [3.8, 4) is 0 Å². The molecule has 0 radical (unpaired) electrons. The summed E-state index contributed by atoms with van der Waals surface area (Å²) in [6.45, 7) is -0.697. The number of amides is 2. The van der Waals surface area contributed by atoms with Crippen LogP contribution in [0, 0.1) is 5.82 Å².